The van der Waals surface area contributed by atoms with Crippen molar-refractivity contribution in [3.8, 4) is 0 Å². The Morgan fingerprint density at radius 1 is 1.55 bits per heavy atom. The van der Waals surface area contributed by atoms with Gasteiger partial charge in [-0.2, -0.15) is 5.10 Å². The molecule has 1 amide bonds. The van der Waals surface area contributed by atoms with Gasteiger partial charge in [-0.25, -0.2) is 0 Å². The van der Waals surface area contributed by atoms with Crippen LogP contribution in [-0.2, 0) is 0 Å². The highest BCUT2D eigenvalue weighted by Gasteiger charge is 2.18. The summed E-state index contributed by atoms with van der Waals surface area (Å²) in [5.74, 6) is 0.511. The molecule has 1 aliphatic rings. The summed E-state index contributed by atoms with van der Waals surface area (Å²) < 4.78 is 1.92. The molecule has 5 heteroatoms. The van der Waals surface area contributed by atoms with E-state index in [-0.39, 0.29) is 11.9 Å². The molecule has 0 bridgehead atoms. The van der Waals surface area contributed by atoms with E-state index in [1.54, 1.807) is 0 Å². The second-order valence-electron chi connectivity index (χ2n) is 6.19. The van der Waals surface area contributed by atoms with Gasteiger partial charge in [0.2, 0.25) is 0 Å². The van der Waals surface area contributed by atoms with E-state index in [9.17, 15) is 4.79 Å². The molecule has 1 aromatic heterocycles. The summed E-state index contributed by atoms with van der Waals surface area (Å²) in [5, 5.41) is 10.8. The molecule has 1 aliphatic heterocycles. The van der Waals surface area contributed by atoms with Crippen LogP contribution in [0.5, 0.6) is 0 Å². The lowest BCUT2D eigenvalue weighted by atomic mass is 10.1. The van der Waals surface area contributed by atoms with Crippen molar-refractivity contribution in [3.63, 3.8) is 0 Å². The molecule has 5 nitrogen and oxygen atoms in total. The predicted octanol–water partition coefficient (Wildman–Crippen LogP) is 1.97. The van der Waals surface area contributed by atoms with Crippen molar-refractivity contribution in [1.82, 2.24) is 20.4 Å². The van der Waals surface area contributed by atoms with Gasteiger partial charge in [-0.15, -0.1) is 0 Å². The SMILES string of the molecule is CC(C)CC(C)NC(=O)c1ccn(C2CCCNC2)n1. The van der Waals surface area contributed by atoms with Crippen LogP contribution in [0.4, 0.5) is 0 Å². The van der Waals surface area contributed by atoms with Gasteiger partial charge in [0.1, 0.15) is 5.69 Å². The van der Waals surface area contributed by atoms with Gasteiger partial charge >= 0.3 is 0 Å². The first-order valence-electron chi connectivity index (χ1n) is 7.63. The minimum atomic E-state index is -0.0688. The van der Waals surface area contributed by atoms with E-state index >= 15 is 0 Å². The van der Waals surface area contributed by atoms with Gasteiger partial charge in [-0.1, -0.05) is 13.8 Å². The van der Waals surface area contributed by atoms with Crippen LogP contribution < -0.4 is 10.6 Å². The first kappa shape index (κ1) is 15.0. The summed E-state index contributed by atoms with van der Waals surface area (Å²) in [6.07, 6.45) is 5.19. The van der Waals surface area contributed by atoms with Crippen molar-refractivity contribution < 1.29 is 4.79 Å². The Labute approximate surface area is 121 Å². The number of aromatic nitrogens is 2. The first-order chi connectivity index (χ1) is 9.56. The van der Waals surface area contributed by atoms with Crippen LogP contribution >= 0.6 is 0 Å². The summed E-state index contributed by atoms with van der Waals surface area (Å²) >= 11 is 0. The number of piperidine rings is 1. The fourth-order valence-corrected chi connectivity index (χ4v) is 2.79. The van der Waals surface area contributed by atoms with Crippen molar-refractivity contribution in [1.29, 1.82) is 0 Å². The van der Waals surface area contributed by atoms with Crippen LogP contribution in [0, 0.1) is 5.92 Å². The molecule has 0 aromatic carbocycles. The lowest BCUT2D eigenvalue weighted by Crippen LogP contribution is -2.34. The maximum Gasteiger partial charge on any atom is 0.271 e. The predicted molar refractivity (Wildman–Crippen MR) is 79.8 cm³/mol. The van der Waals surface area contributed by atoms with E-state index in [2.05, 4.69) is 29.6 Å². The van der Waals surface area contributed by atoms with Crippen molar-refractivity contribution in [3.05, 3.63) is 18.0 Å². The van der Waals surface area contributed by atoms with Crippen LogP contribution in [0.3, 0.4) is 0 Å². The van der Waals surface area contributed by atoms with E-state index in [0.717, 1.165) is 32.4 Å². The number of amides is 1. The summed E-state index contributed by atoms with van der Waals surface area (Å²) in [6, 6.07) is 2.37. The zero-order valence-electron chi connectivity index (χ0n) is 12.7. The molecular formula is C15H26N4O. The summed E-state index contributed by atoms with van der Waals surface area (Å²) in [4.78, 5) is 12.1. The van der Waals surface area contributed by atoms with Gasteiger partial charge in [0, 0.05) is 18.8 Å². The molecule has 0 aliphatic carbocycles. The topological polar surface area (TPSA) is 59.0 Å². The second-order valence-corrected chi connectivity index (χ2v) is 6.19. The zero-order chi connectivity index (χ0) is 14.5. The molecule has 2 N–H and O–H groups in total. The molecule has 1 fully saturated rings. The largest absolute Gasteiger partial charge is 0.348 e. The molecule has 1 aromatic rings. The average molecular weight is 278 g/mol. The Kier molecular flexibility index (Phi) is 5.17. The standard InChI is InChI=1S/C15H26N4O/c1-11(2)9-12(3)17-15(20)14-6-8-19(18-14)13-5-4-7-16-10-13/h6,8,11-13,16H,4-5,7,9-10H2,1-3H3,(H,17,20). The van der Waals surface area contributed by atoms with E-state index in [1.165, 1.54) is 0 Å². The number of carbonyl (C=O) groups is 1. The third-order valence-corrected chi connectivity index (χ3v) is 3.69. The molecule has 2 unspecified atom stereocenters. The first-order valence-corrected chi connectivity index (χ1v) is 7.63. The highest BCUT2D eigenvalue weighted by Crippen LogP contribution is 2.15. The average Bonchev–Trinajstić information content (AvgIpc) is 2.88. The van der Waals surface area contributed by atoms with Gasteiger partial charge < -0.3 is 10.6 Å². The number of rotatable bonds is 5. The molecule has 2 heterocycles. The Balaban J connectivity index is 1.92. The number of carbonyl (C=O) groups excluding carboxylic acids is 1. The van der Waals surface area contributed by atoms with Crippen molar-refractivity contribution in [2.24, 2.45) is 5.92 Å². The van der Waals surface area contributed by atoms with Crippen molar-refractivity contribution in [2.45, 2.75) is 52.1 Å². The summed E-state index contributed by atoms with van der Waals surface area (Å²) in [7, 11) is 0. The fourth-order valence-electron chi connectivity index (χ4n) is 2.79. The van der Waals surface area contributed by atoms with Crippen molar-refractivity contribution >= 4 is 5.91 Å². The maximum atomic E-state index is 12.1. The minimum absolute atomic E-state index is 0.0688. The molecular weight excluding hydrogens is 252 g/mol. The second kappa shape index (κ2) is 6.88. The summed E-state index contributed by atoms with van der Waals surface area (Å²) in [6.45, 7) is 8.38. The lowest BCUT2D eigenvalue weighted by Gasteiger charge is -2.22. The Morgan fingerprint density at radius 2 is 2.35 bits per heavy atom. The highest BCUT2D eigenvalue weighted by molar-refractivity contribution is 5.92. The number of hydrogen-bond donors (Lipinski definition) is 2. The van der Waals surface area contributed by atoms with Crippen LogP contribution in [0.2, 0.25) is 0 Å². The van der Waals surface area contributed by atoms with E-state index in [4.69, 9.17) is 0 Å². The lowest BCUT2D eigenvalue weighted by molar-refractivity contribution is 0.0929. The maximum absolute atomic E-state index is 12.1. The van der Waals surface area contributed by atoms with Gasteiger partial charge in [0.15, 0.2) is 0 Å². The minimum Gasteiger partial charge on any atom is -0.348 e. The molecule has 0 radical (unpaired) electrons. The third-order valence-electron chi connectivity index (χ3n) is 3.69. The Morgan fingerprint density at radius 3 is 3.00 bits per heavy atom. The van der Waals surface area contributed by atoms with Crippen LogP contribution in [-0.4, -0.2) is 34.8 Å². The fraction of sp³-hybridized carbons (Fsp3) is 0.733. The van der Waals surface area contributed by atoms with Gasteiger partial charge in [0.05, 0.1) is 6.04 Å². The molecule has 1 saturated heterocycles. The normalized spacial score (nSPS) is 20.9. The number of hydrogen-bond acceptors (Lipinski definition) is 3. The van der Waals surface area contributed by atoms with Crippen LogP contribution in [0.1, 0.15) is 56.6 Å². The molecule has 2 atom stereocenters. The molecule has 20 heavy (non-hydrogen) atoms. The molecule has 2 rings (SSSR count). The Hall–Kier alpha value is -1.36. The van der Waals surface area contributed by atoms with E-state index in [0.29, 0.717) is 17.7 Å². The quantitative estimate of drug-likeness (QED) is 0.866. The monoisotopic (exact) mass is 278 g/mol. The van der Waals surface area contributed by atoms with Crippen LogP contribution in [0.25, 0.3) is 0 Å². The Bertz CT molecular complexity index is 435. The van der Waals surface area contributed by atoms with Gasteiger partial charge in [-0.3, -0.25) is 9.48 Å². The number of nitrogens with zero attached hydrogens (tertiary/aromatic N) is 2. The number of nitrogens with one attached hydrogen (secondary N) is 2. The smallest absolute Gasteiger partial charge is 0.271 e. The van der Waals surface area contributed by atoms with Crippen LogP contribution in [0.15, 0.2) is 12.3 Å². The molecule has 112 valence electrons. The van der Waals surface area contributed by atoms with E-state index in [1.807, 2.05) is 23.9 Å². The molecule has 0 spiro atoms. The van der Waals surface area contributed by atoms with Gasteiger partial charge in [-0.05, 0) is 44.7 Å². The van der Waals surface area contributed by atoms with Crippen molar-refractivity contribution in [2.75, 3.05) is 13.1 Å². The molecule has 0 saturated carbocycles. The van der Waals surface area contributed by atoms with E-state index < -0.39 is 0 Å². The third kappa shape index (κ3) is 4.07. The summed E-state index contributed by atoms with van der Waals surface area (Å²) in [5.41, 5.74) is 0.520. The zero-order valence-corrected chi connectivity index (χ0v) is 12.7. The van der Waals surface area contributed by atoms with Gasteiger partial charge in [0.25, 0.3) is 5.91 Å². The highest BCUT2D eigenvalue weighted by atomic mass is 16.2.